The van der Waals surface area contributed by atoms with Gasteiger partial charge in [-0.2, -0.15) is 13.2 Å². The zero-order valence-corrected chi connectivity index (χ0v) is 7.89. The summed E-state index contributed by atoms with van der Waals surface area (Å²) in [6, 6.07) is 2.48. The maximum absolute atomic E-state index is 11.9. The molecule has 0 spiro atoms. The van der Waals surface area contributed by atoms with Gasteiger partial charge in [0.15, 0.2) is 0 Å². The molecule has 0 radical (unpaired) electrons. The van der Waals surface area contributed by atoms with Gasteiger partial charge in [-0.3, -0.25) is 4.79 Å². The maximum Gasteiger partial charge on any atom is 0.573 e. The standard InChI is InChI=1S/C9H4F6O2/c10-8(11,12)7(16)5-1-3-6(4-2-5)17-9(13,14)15/h1-4H. The van der Waals surface area contributed by atoms with Crippen molar-refractivity contribution < 1.29 is 35.9 Å². The zero-order valence-electron chi connectivity index (χ0n) is 7.89. The summed E-state index contributed by atoms with van der Waals surface area (Å²) in [5, 5.41) is 0. The molecule has 0 N–H and O–H groups in total. The Labute approximate surface area is 90.8 Å². The average Bonchev–Trinajstić information content (AvgIpc) is 2.14. The number of ketones is 1. The Kier molecular flexibility index (Phi) is 3.35. The summed E-state index contributed by atoms with van der Waals surface area (Å²) in [5.41, 5.74) is -0.757. The van der Waals surface area contributed by atoms with Crippen molar-refractivity contribution in [1.82, 2.24) is 0 Å². The third-order valence-electron chi connectivity index (χ3n) is 1.61. The molecular formula is C9H4F6O2. The molecule has 17 heavy (non-hydrogen) atoms. The van der Waals surface area contributed by atoms with E-state index in [2.05, 4.69) is 4.74 Å². The van der Waals surface area contributed by atoms with Gasteiger partial charge in [-0.15, -0.1) is 13.2 Å². The van der Waals surface area contributed by atoms with E-state index >= 15 is 0 Å². The minimum absolute atomic E-state index is 0.608. The molecule has 0 unspecified atom stereocenters. The highest BCUT2D eigenvalue weighted by Gasteiger charge is 2.39. The van der Waals surface area contributed by atoms with Crippen molar-refractivity contribution in [2.75, 3.05) is 0 Å². The first-order valence-corrected chi connectivity index (χ1v) is 4.07. The quantitative estimate of drug-likeness (QED) is 0.600. The second kappa shape index (κ2) is 4.27. The van der Waals surface area contributed by atoms with E-state index in [-0.39, 0.29) is 0 Å². The molecule has 0 saturated carbocycles. The number of halogens is 6. The molecule has 1 rings (SSSR count). The van der Waals surface area contributed by atoms with Crippen LogP contribution in [0.3, 0.4) is 0 Å². The Morgan fingerprint density at radius 1 is 0.941 bits per heavy atom. The summed E-state index contributed by atoms with van der Waals surface area (Å²) in [5.74, 6) is -2.83. The Bertz CT molecular complexity index is 403. The van der Waals surface area contributed by atoms with Crippen LogP contribution < -0.4 is 4.74 Å². The van der Waals surface area contributed by atoms with E-state index in [1.54, 1.807) is 0 Å². The molecule has 1 aromatic carbocycles. The molecule has 94 valence electrons. The molecule has 0 fully saturated rings. The van der Waals surface area contributed by atoms with Crippen molar-refractivity contribution in [3.05, 3.63) is 29.8 Å². The molecule has 0 amide bonds. The normalized spacial score (nSPS) is 12.4. The fourth-order valence-electron chi connectivity index (χ4n) is 0.972. The van der Waals surface area contributed by atoms with Crippen LogP contribution in [-0.4, -0.2) is 18.3 Å². The monoisotopic (exact) mass is 258 g/mol. The van der Waals surface area contributed by atoms with Crippen molar-refractivity contribution in [3.63, 3.8) is 0 Å². The van der Waals surface area contributed by atoms with Gasteiger partial charge in [0, 0.05) is 5.56 Å². The van der Waals surface area contributed by atoms with Crippen LogP contribution in [0.4, 0.5) is 26.3 Å². The lowest BCUT2D eigenvalue weighted by atomic mass is 10.1. The van der Waals surface area contributed by atoms with Crippen molar-refractivity contribution in [1.29, 1.82) is 0 Å². The minimum atomic E-state index is -5.06. The van der Waals surface area contributed by atoms with Gasteiger partial charge in [-0.05, 0) is 24.3 Å². The smallest absolute Gasteiger partial charge is 0.406 e. The molecular weight excluding hydrogens is 254 g/mol. The molecule has 2 nitrogen and oxygen atoms in total. The number of carbonyl (C=O) groups excluding carboxylic acids is 1. The molecule has 1 aromatic rings. The SMILES string of the molecule is O=C(c1ccc(OC(F)(F)F)cc1)C(F)(F)F. The lowest BCUT2D eigenvalue weighted by molar-refractivity contribution is -0.274. The Morgan fingerprint density at radius 2 is 1.41 bits per heavy atom. The van der Waals surface area contributed by atoms with Crippen molar-refractivity contribution in [2.45, 2.75) is 12.5 Å². The third-order valence-corrected chi connectivity index (χ3v) is 1.61. The van der Waals surface area contributed by atoms with Gasteiger partial charge in [-0.1, -0.05) is 0 Å². The lowest BCUT2D eigenvalue weighted by Gasteiger charge is -2.09. The summed E-state index contributed by atoms with van der Waals surface area (Å²) >= 11 is 0. The van der Waals surface area contributed by atoms with Crippen LogP contribution in [0, 0.1) is 0 Å². The average molecular weight is 258 g/mol. The van der Waals surface area contributed by atoms with Crippen LogP contribution in [0.1, 0.15) is 10.4 Å². The van der Waals surface area contributed by atoms with Gasteiger partial charge >= 0.3 is 12.5 Å². The number of hydrogen-bond donors (Lipinski definition) is 0. The third kappa shape index (κ3) is 3.97. The van der Waals surface area contributed by atoms with Crippen molar-refractivity contribution in [3.8, 4) is 5.75 Å². The first-order valence-electron chi connectivity index (χ1n) is 4.07. The topological polar surface area (TPSA) is 26.3 Å². The largest absolute Gasteiger partial charge is 0.573 e. The summed E-state index contributed by atoms with van der Waals surface area (Å²) in [4.78, 5) is 10.7. The Morgan fingerprint density at radius 3 is 1.76 bits per heavy atom. The molecule has 0 saturated heterocycles. The molecule has 0 bridgehead atoms. The van der Waals surface area contributed by atoms with Gasteiger partial charge in [0.25, 0.3) is 5.78 Å². The number of carbonyl (C=O) groups is 1. The molecule has 0 aliphatic heterocycles. The van der Waals surface area contributed by atoms with E-state index in [1.165, 1.54) is 0 Å². The first-order chi connectivity index (χ1) is 7.59. The van der Waals surface area contributed by atoms with Crippen molar-refractivity contribution in [2.24, 2.45) is 0 Å². The first kappa shape index (κ1) is 13.3. The van der Waals surface area contributed by atoms with Crippen LogP contribution in [0.15, 0.2) is 24.3 Å². The predicted molar refractivity (Wildman–Crippen MR) is 43.5 cm³/mol. The Balaban J connectivity index is 2.86. The molecule has 0 heterocycles. The van der Waals surface area contributed by atoms with E-state index in [4.69, 9.17) is 0 Å². The highest BCUT2D eigenvalue weighted by atomic mass is 19.4. The predicted octanol–water partition coefficient (Wildman–Crippen LogP) is 3.33. The Hall–Kier alpha value is -1.73. The number of hydrogen-bond acceptors (Lipinski definition) is 2. The van der Waals surface area contributed by atoms with E-state index in [9.17, 15) is 31.1 Å². The number of rotatable bonds is 2. The molecule has 8 heteroatoms. The molecule has 0 aliphatic rings. The summed E-state index contributed by atoms with van der Waals surface area (Å²) in [6.45, 7) is 0. The fraction of sp³-hybridized carbons (Fsp3) is 0.222. The minimum Gasteiger partial charge on any atom is -0.406 e. The van der Waals surface area contributed by atoms with Gasteiger partial charge in [-0.25, -0.2) is 0 Å². The number of ether oxygens (including phenoxy) is 1. The molecule has 0 atom stereocenters. The van der Waals surface area contributed by atoms with Crippen LogP contribution in [0.5, 0.6) is 5.75 Å². The number of benzene rings is 1. The van der Waals surface area contributed by atoms with Gasteiger partial charge in [0.05, 0.1) is 0 Å². The van der Waals surface area contributed by atoms with Gasteiger partial charge in [0.2, 0.25) is 0 Å². The fourth-order valence-corrected chi connectivity index (χ4v) is 0.972. The van der Waals surface area contributed by atoms with Gasteiger partial charge < -0.3 is 4.74 Å². The molecule has 0 aromatic heterocycles. The number of Topliss-reactive ketones (excluding diaryl/α,β-unsaturated/α-hetero) is 1. The summed E-state index contributed by atoms with van der Waals surface area (Å²) < 4.78 is 74.4. The maximum atomic E-state index is 11.9. The zero-order chi connectivity index (χ0) is 13.3. The highest BCUT2D eigenvalue weighted by molar-refractivity contribution is 6.00. The van der Waals surface area contributed by atoms with E-state index < -0.39 is 29.6 Å². The van der Waals surface area contributed by atoms with Crippen molar-refractivity contribution >= 4 is 5.78 Å². The van der Waals surface area contributed by atoms with Crippen LogP contribution in [-0.2, 0) is 0 Å². The second-order valence-corrected chi connectivity index (χ2v) is 2.90. The van der Waals surface area contributed by atoms with Crippen LogP contribution in [0.2, 0.25) is 0 Å². The number of alkyl halides is 6. The molecule has 0 aliphatic carbocycles. The summed E-state index contributed by atoms with van der Waals surface area (Å²) in [6.07, 6.45) is -10.00. The highest BCUT2D eigenvalue weighted by Crippen LogP contribution is 2.25. The van der Waals surface area contributed by atoms with Gasteiger partial charge in [0.1, 0.15) is 5.75 Å². The lowest BCUT2D eigenvalue weighted by Crippen LogP contribution is -2.22. The second-order valence-electron chi connectivity index (χ2n) is 2.90. The van der Waals surface area contributed by atoms with Crippen LogP contribution >= 0.6 is 0 Å². The van der Waals surface area contributed by atoms with E-state index in [0.29, 0.717) is 24.3 Å². The van der Waals surface area contributed by atoms with E-state index in [0.717, 1.165) is 0 Å². The van der Waals surface area contributed by atoms with E-state index in [1.807, 2.05) is 0 Å². The summed E-state index contributed by atoms with van der Waals surface area (Å²) in [7, 11) is 0. The van der Waals surface area contributed by atoms with Crippen LogP contribution in [0.25, 0.3) is 0 Å².